The molecule has 0 bridgehead atoms. The van der Waals surface area contributed by atoms with Crippen LogP contribution in [0.2, 0.25) is 4.51 Å². The molecule has 0 unspecified atom stereocenters. The van der Waals surface area contributed by atoms with Gasteiger partial charge < -0.3 is 15.3 Å². The maximum atomic E-state index is 9.25. The van der Waals surface area contributed by atoms with Gasteiger partial charge in [-0.3, -0.25) is 0 Å². The average Bonchev–Trinajstić information content (AvgIpc) is 3.13. The molecule has 1 aliphatic rings. The van der Waals surface area contributed by atoms with Crippen molar-refractivity contribution in [2.24, 2.45) is 0 Å². The van der Waals surface area contributed by atoms with E-state index in [1.807, 2.05) is 0 Å². The van der Waals surface area contributed by atoms with E-state index >= 15 is 0 Å². The molecule has 0 heterocycles. The van der Waals surface area contributed by atoms with Gasteiger partial charge >= 0.3 is 53.6 Å². The minimum absolute atomic E-state index is 0.833. The Balaban J connectivity index is -0.000000180. The Labute approximate surface area is 121 Å². The molecule has 1 fully saturated rings. The van der Waals surface area contributed by atoms with Crippen LogP contribution in [0.3, 0.4) is 0 Å². The Hall–Kier alpha value is -1.75. The maximum absolute atomic E-state index is 9.25. The van der Waals surface area contributed by atoms with E-state index in [0.29, 0.717) is 0 Å². The minimum atomic E-state index is -0.981. The number of carbonyl (C=O) groups is 3. The summed E-state index contributed by atoms with van der Waals surface area (Å²) in [6.07, 6.45) is 5.58. The predicted molar refractivity (Wildman–Crippen MR) is 66.5 cm³/mol. The third-order valence-electron chi connectivity index (χ3n) is 1.22. The monoisotopic (exact) mass is 321 g/mol. The Morgan fingerprint density at radius 3 is 0.947 bits per heavy atom. The summed E-state index contributed by atoms with van der Waals surface area (Å²) in [5, 5.41) is 22.8. The van der Waals surface area contributed by atoms with Gasteiger partial charge in [-0.05, 0) is 0 Å². The first-order chi connectivity index (χ1) is 8.70. The second kappa shape index (κ2) is 16.3. The van der Waals surface area contributed by atoms with Crippen molar-refractivity contribution in [3.63, 3.8) is 0 Å². The number of hydrogen-bond acceptors (Lipinski definition) is 3. The van der Waals surface area contributed by atoms with Gasteiger partial charge in [-0.1, -0.05) is 19.7 Å². The van der Waals surface area contributed by atoms with E-state index in [1.54, 1.807) is 31.1 Å². The molecule has 0 atom stereocenters. The third-order valence-corrected chi connectivity index (χ3v) is 2.93. The Morgan fingerprint density at radius 1 is 0.842 bits per heavy atom. The van der Waals surface area contributed by atoms with Crippen molar-refractivity contribution in [2.75, 3.05) is 0 Å². The van der Waals surface area contributed by atoms with E-state index in [9.17, 15) is 14.4 Å². The Kier molecular flexibility index (Phi) is 19.2. The van der Waals surface area contributed by atoms with Crippen LogP contribution in [-0.4, -0.2) is 33.2 Å². The number of carboxylic acid groups (broad SMARTS) is 3. The second-order valence-electron chi connectivity index (χ2n) is 3.07. The summed E-state index contributed by atoms with van der Waals surface area (Å²) >= 11 is 1.54. The van der Waals surface area contributed by atoms with Gasteiger partial charge in [0.15, 0.2) is 0 Å². The van der Waals surface area contributed by atoms with Gasteiger partial charge in [-0.15, -0.1) is 0 Å². The summed E-state index contributed by atoms with van der Waals surface area (Å²) < 4.78 is 1.21. The molecular weight excluding hydrogens is 306 g/mol. The van der Waals surface area contributed by atoms with Crippen LogP contribution in [0, 0.1) is 0 Å². The normalized spacial score (nSPS) is 10.6. The van der Waals surface area contributed by atoms with E-state index in [2.05, 4.69) is 19.7 Å². The summed E-state index contributed by atoms with van der Waals surface area (Å²) in [7, 11) is 0. The van der Waals surface area contributed by atoms with Crippen LogP contribution < -0.4 is 0 Å². The predicted octanol–water partition coefficient (Wildman–Crippen LogP) is 1.89. The average molecular weight is 323 g/mol. The molecule has 1 rings (SSSR count). The van der Waals surface area contributed by atoms with Crippen LogP contribution in [-0.2, 0) is 32.7 Å². The van der Waals surface area contributed by atoms with Gasteiger partial charge in [-0.25, -0.2) is 14.4 Å². The number of rotatable bonds is 3. The molecule has 0 aromatic carbocycles. The van der Waals surface area contributed by atoms with Crippen LogP contribution in [0.4, 0.5) is 0 Å². The molecule has 0 spiro atoms. The van der Waals surface area contributed by atoms with Crippen molar-refractivity contribution in [1.29, 1.82) is 0 Å². The van der Waals surface area contributed by atoms with Crippen molar-refractivity contribution in [1.82, 2.24) is 0 Å². The molecule has 0 aliphatic heterocycles. The molecule has 1 aliphatic carbocycles. The third kappa shape index (κ3) is 62.8. The van der Waals surface area contributed by atoms with Crippen molar-refractivity contribution in [3.05, 3.63) is 38.0 Å². The molecular formula is C12H17O6Zn. The van der Waals surface area contributed by atoms with Crippen molar-refractivity contribution in [2.45, 2.75) is 17.4 Å². The quantitative estimate of drug-likeness (QED) is 0.540. The van der Waals surface area contributed by atoms with E-state index in [1.165, 1.54) is 4.51 Å². The number of carboxylic acids is 3. The zero-order chi connectivity index (χ0) is 15.8. The number of hydrogen-bond donors (Lipinski definition) is 3. The fourth-order valence-electron chi connectivity index (χ4n) is 0.118. The molecule has 103 valence electrons. The summed E-state index contributed by atoms with van der Waals surface area (Å²) in [5.74, 6) is -2.94. The Bertz CT molecular complexity index is 277. The first-order valence-corrected chi connectivity index (χ1v) is 6.81. The molecule has 0 aromatic heterocycles. The van der Waals surface area contributed by atoms with E-state index < -0.39 is 17.9 Å². The van der Waals surface area contributed by atoms with E-state index in [4.69, 9.17) is 15.3 Å². The Morgan fingerprint density at radius 2 is 0.947 bits per heavy atom. The topological polar surface area (TPSA) is 112 Å². The fourth-order valence-corrected chi connectivity index (χ4v) is 0.612. The molecule has 1 saturated carbocycles. The molecule has 0 aromatic rings. The molecule has 0 amide bonds. The zero-order valence-corrected chi connectivity index (χ0v) is 13.6. The summed E-state index contributed by atoms with van der Waals surface area (Å²) in [6, 6.07) is 0. The van der Waals surface area contributed by atoms with Gasteiger partial charge in [0.1, 0.15) is 0 Å². The van der Waals surface area contributed by atoms with Gasteiger partial charge in [-0.2, -0.15) is 0 Å². The summed E-state index contributed by atoms with van der Waals surface area (Å²) in [6.45, 7) is 8.88. The first kappa shape index (κ1) is 22.4. The van der Waals surface area contributed by atoms with Gasteiger partial charge in [0.2, 0.25) is 0 Å². The van der Waals surface area contributed by atoms with Crippen molar-refractivity contribution in [3.8, 4) is 0 Å². The van der Waals surface area contributed by atoms with Crippen molar-refractivity contribution < 1.29 is 48.0 Å². The molecule has 7 heteroatoms. The van der Waals surface area contributed by atoms with Crippen LogP contribution in [0.1, 0.15) is 12.8 Å². The molecule has 3 N–H and O–H groups in total. The molecule has 0 saturated heterocycles. The number of aliphatic carboxylic acids is 3. The van der Waals surface area contributed by atoms with Crippen LogP contribution in [0.25, 0.3) is 0 Å². The molecule has 6 nitrogen and oxygen atoms in total. The van der Waals surface area contributed by atoms with Crippen molar-refractivity contribution >= 4 is 17.9 Å². The van der Waals surface area contributed by atoms with E-state index in [-0.39, 0.29) is 0 Å². The van der Waals surface area contributed by atoms with Crippen LogP contribution in [0.5, 0.6) is 0 Å². The molecule has 19 heavy (non-hydrogen) atoms. The van der Waals surface area contributed by atoms with Gasteiger partial charge in [0, 0.05) is 18.2 Å². The van der Waals surface area contributed by atoms with E-state index in [0.717, 1.165) is 18.2 Å². The molecule has 0 radical (unpaired) electrons. The SMILES string of the molecule is C=CC(=O)O.C=CC(=O)O.C=CC(=O)O.[Zn][CH]1CC1. The van der Waals surface area contributed by atoms with Crippen LogP contribution >= 0.6 is 0 Å². The van der Waals surface area contributed by atoms with Gasteiger partial charge in [0.05, 0.1) is 0 Å². The zero-order valence-electron chi connectivity index (χ0n) is 10.6. The van der Waals surface area contributed by atoms with Crippen LogP contribution in [0.15, 0.2) is 38.0 Å². The first-order valence-electron chi connectivity index (χ1n) is 5.10. The fraction of sp³-hybridized carbons (Fsp3) is 0.250. The summed E-state index contributed by atoms with van der Waals surface area (Å²) in [4.78, 5) is 27.8. The van der Waals surface area contributed by atoms with Gasteiger partial charge in [0.25, 0.3) is 0 Å². The second-order valence-corrected chi connectivity index (χ2v) is 5.49. The summed E-state index contributed by atoms with van der Waals surface area (Å²) in [5.41, 5.74) is 0. The standard InChI is InChI=1S/3C3H4O2.C3H5.Zn/c3*1-2-3(4)5;1-2-3-1;/h3*2H,1H2,(H,4,5);1H,2-3H2;.